The summed E-state index contributed by atoms with van der Waals surface area (Å²) >= 11 is 0. The number of aromatic nitrogens is 3. The fraction of sp³-hybridized carbons (Fsp3) is 0.0645. The molecule has 0 N–H and O–H groups in total. The zero-order valence-electron chi connectivity index (χ0n) is 19.5. The van der Waals surface area contributed by atoms with Crippen LogP contribution >= 0.6 is 0 Å². The summed E-state index contributed by atoms with van der Waals surface area (Å²) in [7, 11) is 0. The second-order valence-corrected chi connectivity index (χ2v) is 8.86. The molecule has 0 aliphatic rings. The number of hydrogen-bond acceptors (Lipinski definition) is 3. The molecule has 2 heterocycles. The number of nitriles is 1. The molecule has 0 aliphatic heterocycles. The minimum absolute atomic E-state index is 0.353. The number of hydrogen-bond donors (Lipinski definition) is 0. The van der Waals surface area contributed by atoms with Crippen molar-refractivity contribution in [2.24, 2.45) is 0 Å². The van der Waals surface area contributed by atoms with Gasteiger partial charge in [-0.3, -0.25) is 0 Å². The normalized spacial score (nSPS) is 11.1. The Labute approximate surface area is 203 Å². The molecule has 0 saturated heterocycles. The molecule has 166 valence electrons. The van der Waals surface area contributed by atoms with E-state index in [1.165, 1.54) is 32.9 Å². The molecule has 6 aromatic rings. The summed E-state index contributed by atoms with van der Waals surface area (Å²) in [4.78, 5) is 9.24. The van der Waals surface area contributed by atoms with Gasteiger partial charge in [-0.05, 0) is 62.4 Å². The van der Waals surface area contributed by atoms with Crippen molar-refractivity contribution in [3.63, 3.8) is 0 Å². The lowest BCUT2D eigenvalue weighted by atomic mass is 10.1. The molecule has 0 fully saturated rings. The van der Waals surface area contributed by atoms with Crippen LogP contribution in [-0.2, 0) is 0 Å². The van der Waals surface area contributed by atoms with Crippen molar-refractivity contribution in [2.45, 2.75) is 13.8 Å². The summed E-state index contributed by atoms with van der Waals surface area (Å²) in [5, 5.41) is 12.1. The summed E-state index contributed by atoms with van der Waals surface area (Å²) in [6, 6.07) is 35.2. The van der Waals surface area contributed by atoms with Gasteiger partial charge in [0.1, 0.15) is 11.8 Å². The molecule has 4 nitrogen and oxygen atoms in total. The Morgan fingerprint density at radius 3 is 1.89 bits per heavy atom. The Morgan fingerprint density at radius 2 is 1.29 bits per heavy atom. The number of aryl methyl sites for hydroxylation is 2. The van der Waals surface area contributed by atoms with Crippen LogP contribution in [0.3, 0.4) is 0 Å². The molecule has 4 aromatic carbocycles. The van der Waals surface area contributed by atoms with Crippen molar-refractivity contribution in [2.75, 3.05) is 0 Å². The Kier molecular flexibility index (Phi) is 4.90. The van der Waals surface area contributed by atoms with E-state index in [0.717, 1.165) is 22.5 Å². The van der Waals surface area contributed by atoms with Gasteiger partial charge in [0.15, 0.2) is 5.82 Å². The van der Waals surface area contributed by atoms with Crippen molar-refractivity contribution >= 4 is 21.8 Å². The molecule has 0 amide bonds. The second-order valence-electron chi connectivity index (χ2n) is 8.86. The van der Waals surface area contributed by atoms with E-state index < -0.39 is 0 Å². The molecule has 0 bridgehead atoms. The van der Waals surface area contributed by atoms with Crippen LogP contribution in [0, 0.1) is 25.2 Å². The SMILES string of the molecule is Cc1ccc2c(c1)c1cc(C)ccc1n2-c1ccc(-c2nc(C#N)cc(-c3ccccc3)n2)cc1. The van der Waals surface area contributed by atoms with E-state index in [4.69, 9.17) is 4.98 Å². The molecule has 35 heavy (non-hydrogen) atoms. The first kappa shape index (κ1) is 20.8. The van der Waals surface area contributed by atoms with Crippen molar-refractivity contribution in [1.29, 1.82) is 5.26 Å². The van der Waals surface area contributed by atoms with Crippen LogP contribution in [0.5, 0.6) is 0 Å². The predicted octanol–water partition coefficient (Wildman–Crippen LogP) is 7.40. The average molecular weight is 451 g/mol. The van der Waals surface area contributed by atoms with E-state index >= 15 is 0 Å². The maximum Gasteiger partial charge on any atom is 0.161 e. The van der Waals surface area contributed by atoms with E-state index in [1.807, 2.05) is 42.5 Å². The van der Waals surface area contributed by atoms with E-state index in [9.17, 15) is 5.26 Å². The van der Waals surface area contributed by atoms with Crippen LogP contribution in [0.1, 0.15) is 16.8 Å². The summed E-state index contributed by atoms with van der Waals surface area (Å²) < 4.78 is 2.30. The molecule has 0 atom stereocenters. The van der Waals surface area contributed by atoms with Gasteiger partial charge in [-0.15, -0.1) is 0 Å². The van der Waals surface area contributed by atoms with Crippen LogP contribution in [0.15, 0.2) is 97.1 Å². The first-order valence-electron chi connectivity index (χ1n) is 11.6. The molecular weight excluding hydrogens is 428 g/mol. The van der Waals surface area contributed by atoms with Crippen LogP contribution in [0.4, 0.5) is 0 Å². The quantitative estimate of drug-likeness (QED) is 0.282. The third kappa shape index (κ3) is 3.64. The summed E-state index contributed by atoms with van der Waals surface area (Å²) in [6.07, 6.45) is 0. The molecule has 0 saturated carbocycles. The average Bonchev–Trinajstić information content (AvgIpc) is 3.21. The van der Waals surface area contributed by atoms with Gasteiger partial charge in [-0.25, -0.2) is 9.97 Å². The number of benzene rings is 4. The topological polar surface area (TPSA) is 54.5 Å². The molecule has 2 aromatic heterocycles. The summed E-state index contributed by atoms with van der Waals surface area (Å²) in [5.74, 6) is 0.544. The van der Waals surface area contributed by atoms with E-state index in [2.05, 4.69) is 78.0 Å². The van der Waals surface area contributed by atoms with Gasteiger partial charge in [0.2, 0.25) is 0 Å². The highest BCUT2D eigenvalue weighted by Gasteiger charge is 2.14. The van der Waals surface area contributed by atoms with Crippen molar-refractivity contribution in [3.8, 4) is 34.4 Å². The Hall–Kier alpha value is -4.75. The maximum atomic E-state index is 9.55. The van der Waals surface area contributed by atoms with Gasteiger partial charge in [-0.1, -0.05) is 53.6 Å². The predicted molar refractivity (Wildman–Crippen MR) is 141 cm³/mol. The van der Waals surface area contributed by atoms with Crippen LogP contribution in [0.2, 0.25) is 0 Å². The van der Waals surface area contributed by atoms with E-state index in [-0.39, 0.29) is 0 Å². The molecule has 0 unspecified atom stereocenters. The monoisotopic (exact) mass is 450 g/mol. The third-order valence-electron chi connectivity index (χ3n) is 6.37. The lowest BCUT2D eigenvalue weighted by Gasteiger charge is -2.10. The smallest absolute Gasteiger partial charge is 0.161 e. The van der Waals surface area contributed by atoms with Gasteiger partial charge in [0.25, 0.3) is 0 Å². The molecule has 0 spiro atoms. The van der Waals surface area contributed by atoms with Gasteiger partial charge in [0, 0.05) is 33.7 Å². The third-order valence-corrected chi connectivity index (χ3v) is 6.37. The number of fused-ring (bicyclic) bond motifs is 3. The molecule has 6 rings (SSSR count). The fourth-order valence-electron chi connectivity index (χ4n) is 4.68. The van der Waals surface area contributed by atoms with Crippen molar-refractivity contribution < 1.29 is 0 Å². The summed E-state index contributed by atoms with van der Waals surface area (Å²) in [5.41, 5.74) is 8.85. The van der Waals surface area contributed by atoms with Gasteiger partial charge in [-0.2, -0.15) is 5.26 Å². The van der Waals surface area contributed by atoms with Crippen LogP contribution in [-0.4, -0.2) is 14.5 Å². The zero-order valence-corrected chi connectivity index (χ0v) is 19.5. The lowest BCUT2D eigenvalue weighted by Crippen LogP contribution is -1.97. The highest BCUT2D eigenvalue weighted by atomic mass is 15.0. The molecule has 0 radical (unpaired) electrons. The second kappa shape index (κ2) is 8.23. The molecular formula is C31H22N4. The van der Waals surface area contributed by atoms with Gasteiger partial charge >= 0.3 is 0 Å². The van der Waals surface area contributed by atoms with Gasteiger partial charge in [0.05, 0.1) is 16.7 Å². The first-order chi connectivity index (χ1) is 17.1. The number of rotatable bonds is 3. The van der Waals surface area contributed by atoms with Crippen LogP contribution < -0.4 is 0 Å². The van der Waals surface area contributed by atoms with Gasteiger partial charge < -0.3 is 4.57 Å². The minimum Gasteiger partial charge on any atom is -0.309 e. The molecule has 0 aliphatic carbocycles. The highest BCUT2D eigenvalue weighted by molar-refractivity contribution is 6.09. The van der Waals surface area contributed by atoms with Crippen LogP contribution in [0.25, 0.3) is 50.1 Å². The highest BCUT2D eigenvalue weighted by Crippen LogP contribution is 2.34. The lowest BCUT2D eigenvalue weighted by molar-refractivity contribution is 1.14. The summed E-state index contributed by atoms with van der Waals surface area (Å²) in [6.45, 7) is 4.26. The Bertz CT molecular complexity index is 1700. The largest absolute Gasteiger partial charge is 0.309 e. The minimum atomic E-state index is 0.353. The van der Waals surface area contributed by atoms with Crippen molar-refractivity contribution in [1.82, 2.24) is 14.5 Å². The molecule has 4 heteroatoms. The standard InChI is InChI=1S/C31H22N4/c1-20-8-14-29-26(16-20)27-17-21(2)9-15-30(27)35(29)25-12-10-23(11-13-25)31-33-24(19-32)18-28(34-31)22-6-4-3-5-7-22/h3-18H,1-2H3. The first-order valence-corrected chi connectivity index (χ1v) is 11.6. The fourth-order valence-corrected chi connectivity index (χ4v) is 4.68. The van der Waals surface area contributed by atoms with Crippen molar-refractivity contribution in [3.05, 3.63) is 114 Å². The Balaban J connectivity index is 1.48. The maximum absolute atomic E-state index is 9.55. The Morgan fingerprint density at radius 1 is 0.657 bits per heavy atom. The number of nitrogens with zero attached hydrogens (tertiary/aromatic N) is 4. The zero-order chi connectivity index (χ0) is 23.9. The van der Waals surface area contributed by atoms with E-state index in [1.54, 1.807) is 6.07 Å². The van der Waals surface area contributed by atoms with E-state index in [0.29, 0.717) is 11.5 Å².